The molecule has 7 nitrogen and oxygen atoms in total. The van der Waals surface area contributed by atoms with Gasteiger partial charge in [0.2, 0.25) is 11.8 Å². The lowest BCUT2D eigenvalue weighted by molar-refractivity contribution is -0.141. The summed E-state index contributed by atoms with van der Waals surface area (Å²) < 4.78 is 24.4. The van der Waals surface area contributed by atoms with Crippen LogP contribution in [0.15, 0.2) is 77.4 Å². The van der Waals surface area contributed by atoms with Gasteiger partial charge in [-0.3, -0.25) is 14.5 Å². The third-order valence-electron chi connectivity index (χ3n) is 6.72. The monoisotopic (exact) mass is 521 g/mol. The van der Waals surface area contributed by atoms with E-state index in [0.29, 0.717) is 31.7 Å². The third-order valence-corrected chi connectivity index (χ3v) is 6.72. The van der Waals surface area contributed by atoms with Crippen molar-refractivity contribution in [2.75, 3.05) is 45.9 Å². The number of ether oxygens (including phenoxy) is 1. The lowest BCUT2D eigenvalue weighted by atomic mass is 10.1. The van der Waals surface area contributed by atoms with Gasteiger partial charge in [0.05, 0.1) is 32.6 Å². The summed E-state index contributed by atoms with van der Waals surface area (Å²) >= 11 is 0. The molecule has 3 aromatic rings. The van der Waals surface area contributed by atoms with Crippen molar-refractivity contribution in [3.05, 3.63) is 95.7 Å². The molecule has 0 N–H and O–H groups in total. The number of rotatable bonds is 13. The molecule has 0 aliphatic carbocycles. The van der Waals surface area contributed by atoms with Gasteiger partial charge in [0.25, 0.3) is 0 Å². The van der Waals surface area contributed by atoms with E-state index < -0.39 is 0 Å². The van der Waals surface area contributed by atoms with Crippen LogP contribution < -0.4 is 0 Å². The molecule has 0 radical (unpaired) electrons. The lowest BCUT2D eigenvalue weighted by Gasteiger charge is -2.30. The normalized spacial score (nSPS) is 13.8. The summed E-state index contributed by atoms with van der Waals surface area (Å²) in [6, 6.07) is 19.6. The van der Waals surface area contributed by atoms with Crippen LogP contribution in [0.1, 0.15) is 29.7 Å². The maximum Gasteiger partial charge on any atom is 0.242 e. The molecule has 8 heteroatoms. The van der Waals surface area contributed by atoms with Crippen LogP contribution in [0.4, 0.5) is 4.39 Å². The average molecular weight is 522 g/mol. The molecule has 1 aromatic heterocycles. The Hall–Kier alpha value is -3.49. The molecule has 0 bridgehead atoms. The highest BCUT2D eigenvalue weighted by atomic mass is 19.1. The molecule has 0 atom stereocenters. The van der Waals surface area contributed by atoms with Crippen LogP contribution in [-0.2, 0) is 33.8 Å². The summed E-state index contributed by atoms with van der Waals surface area (Å²) in [7, 11) is 0. The van der Waals surface area contributed by atoms with Crippen molar-refractivity contribution in [2.24, 2.45) is 0 Å². The number of hydrogen-bond acceptors (Lipinski definition) is 5. The van der Waals surface area contributed by atoms with Gasteiger partial charge in [-0.2, -0.15) is 0 Å². The fourth-order valence-electron chi connectivity index (χ4n) is 4.55. The van der Waals surface area contributed by atoms with Crippen molar-refractivity contribution in [3.8, 4) is 0 Å². The molecular formula is C30H36FN3O4. The maximum atomic E-state index is 13.6. The zero-order valence-electron chi connectivity index (χ0n) is 21.8. The smallest absolute Gasteiger partial charge is 0.242 e. The summed E-state index contributed by atoms with van der Waals surface area (Å²) in [6.07, 6.45) is 3.31. The fraction of sp³-hybridized carbons (Fsp3) is 0.400. The Labute approximate surface area is 223 Å². The Morgan fingerprint density at radius 1 is 0.842 bits per heavy atom. The molecule has 1 fully saturated rings. The van der Waals surface area contributed by atoms with Crippen molar-refractivity contribution in [1.29, 1.82) is 0 Å². The van der Waals surface area contributed by atoms with Crippen LogP contribution in [0.2, 0.25) is 0 Å². The molecule has 2 amide bonds. The van der Waals surface area contributed by atoms with E-state index in [4.69, 9.17) is 9.15 Å². The van der Waals surface area contributed by atoms with E-state index in [1.807, 2.05) is 36.4 Å². The van der Waals surface area contributed by atoms with E-state index in [2.05, 4.69) is 4.90 Å². The molecule has 1 aliphatic heterocycles. The summed E-state index contributed by atoms with van der Waals surface area (Å²) in [5.74, 6) is 0.108. The van der Waals surface area contributed by atoms with Gasteiger partial charge in [0.15, 0.2) is 0 Å². The summed E-state index contributed by atoms with van der Waals surface area (Å²) in [5, 5.41) is 0. The molecule has 0 saturated carbocycles. The number of halogens is 1. The van der Waals surface area contributed by atoms with E-state index in [1.54, 1.807) is 34.3 Å². The van der Waals surface area contributed by atoms with Crippen LogP contribution in [0.3, 0.4) is 0 Å². The van der Waals surface area contributed by atoms with Crippen molar-refractivity contribution in [3.63, 3.8) is 0 Å². The van der Waals surface area contributed by atoms with E-state index in [0.717, 1.165) is 50.4 Å². The van der Waals surface area contributed by atoms with Crippen molar-refractivity contribution in [1.82, 2.24) is 14.7 Å². The first-order chi connectivity index (χ1) is 18.6. The van der Waals surface area contributed by atoms with Crippen LogP contribution in [-0.4, -0.2) is 72.5 Å². The predicted molar refractivity (Wildman–Crippen MR) is 143 cm³/mol. The van der Waals surface area contributed by atoms with E-state index in [9.17, 15) is 14.0 Å². The molecule has 4 rings (SSSR count). The Morgan fingerprint density at radius 3 is 2.32 bits per heavy atom. The number of aryl methyl sites for hydroxylation is 1. The Morgan fingerprint density at radius 2 is 1.61 bits per heavy atom. The van der Waals surface area contributed by atoms with Crippen LogP contribution >= 0.6 is 0 Å². The Balaban J connectivity index is 1.42. The van der Waals surface area contributed by atoms with E-state index >= 15 is 0 Å². The Kier molecular flexibility index (Phi) is 10.5. The van der Waals surface area contributed by atoms with Gasteiger partial charge in [-0.15, -0.1) is 0 Å². The maximum absolute atomic E-state index is 13.6. The van der Waals surface area contributed by atoms with Crippen LogP contribution in [0.5, 0.6) is 0 Å². The average Bonchev–Trinajstić information content (AvgIpc) is 3.46. The largest absolute Gasteiger partial charge is 0.467 e. The minimum atomic E-state index is -0.326. The topological polar surface area (TPSA) is 66.2 Å². The predicted octanol–water partition coefficient (Wildman–Crippen LogP) is 4.13. The Bertz CT molecular complexity index is 1120. The molecule has 2 aromatic carbocycles. The second-order valence-corrected chi connectivity index (χ2v) is 9.56. The first-order valence-electron chi connectivity index (χ1n) is 13.2. The number of nitrogens with zero attached hydrogens (tertiary/aromatic N) is 3. The van der Waals surface area contributed by atoms with Crippen LogP contribution in [0, 0.1) is 5.82 Å². The summed E-state index contributed by atoms with van der Waals surface area (Å²) in [5.41, 5.74) is 1.90. The highest BCUT2D eigenvalue weighted by molar-refractivity contribution is 5.85. The first kappa shape index (κ1) is 27.5. The van der Waals surface area contributed by atoms with E-state index in [1.165, 1.54) is 12.1 Å². The second kappa shape index (κ2) is 14.4. The number of carbonyl (C=O) groups excluding carboxylic acids is 2. The first-order valence-corrected chi connectivity index (χ1v) is 13.2. The number of morpholine rings is 1. The molecule has 38 heavy (non-hydrogen) atoms. The van der Waals surface area contributed by atoms with Crippen LogP contribution in [0.25, 0.3) is 0 Å². The molecule has 0 unspecified atom stereocenters. The highest BCUT2D eigenvalue weighted by Gasteiger charge is 2.23. The minimum Gasteiger partial charge on any atom is -0.467 e. The molecule has 0 spiro atoms. The van der Waals surface area contributed by atoms with Gasteiger partial charge >= 0.3 is 0 Å². The summed E-state index contributed by atoms with van der Waals surface area (Å²) in [4.78, 5) is 32.6. The fourth-order valence-corrected chi connectivity index (χ4v) is 4.55. The summed E-state index contributed by atoms with van der Waals surface area (Å²) in [6.45, 7) is 5.12. The highest BCUT2D eigenvalue weighted by Crippen LogP contribution is 2.14. The van der Waals surface area contributed by atoms with Gasteiger partial charge in [0.1, 0.15) is 11.6 Å². The van der Waals surface area contributed by atoms with E-state index in [-0.39, 0.29) is 30.7 Å². The number of furan rings is 1. The zero-order valence-corrected chi connectivity index (χ0v) is 21.8. The number of amides is 2. The molecule has 2 heterocycles. The molecular weight excluding hydrogens is 485 g/mol. The standard InChI is InChI=1S/C30H36FN3O4/c31-27-12-9-26(10-13-27)22-34(23-28-8-4-19-38-28)30(36)24-33(16-5-15-32-17-20-37-21-18-32)29(35)14-11-25-6-2-1-3-7-25/h1-4,6-10,12-13,19H,5,11,14-18,20-24H2. The van der Waals surface area contributed by atoms with Gasteiger partial charge in [-0.1, -0.05) is 42.5 Å². The second-order valence-electron chi connectivity index (χ2n) is 9.56. The van der Waals surface area contributed by atoms with Crippen molar-refractivity contribution >= 4 is 11.8 Å². The molecule has 202 valence electrons. The quantitative estimate of drug-likeness (QED) is 0.338. The number of benzene rings is 2. The van der Waals surface area contributed by atoms with Gasteiger partial charge in [-0.25, -0.2) is 4.39 Å². The zero-order chi connectivity index (χ0) is 26.6. The van der Waals surface area contributed by atoms with Gasteiger partial charge < -0.3 is 19.0 Å². The SMILES string of the molecule is O=C(CCc1ccccc1)N(CCCN1CCOCC1)CC(=O)N(Cc1ccc(F)cc1)Cc1ccco1. The number of hydrogen-bond donors (Lipinski definition) is 0. The molecule has 1 aliphatic rings. The van der Waals surface area contributed by atoms with Gasteiger partial charge in [-0.05, 0) is 48.2 Å². The van der Waals surface area contributed by atoms with Crippen molar-refractivity contribution in [2.45, 2.75) is 32.4 Å². The van der Waals surface area contributed by atoms with Crippen molar-refractivity contribution < 1.29 is 23.1 Å². The number of carbonyl (C=O) groups is 2. The van der Waals surface area contributed by atoms with Gasteiger partial charge in [0, 0.05) is 39.1 Å². The molecule has 1 saturated heterocycles. The lowest BCUT2D eigenvalue weighted by Crippen LogP contribution is -2.44. The third kappa shape index (κ3) is 8.82. The minimum absolute atomic E-state index is 0.0152.